The lowest BCUT2D eigenvalue weighted by Crippen LogP contribution is -2.70. The first-order chi connectivity index (χ1) is 40.3. The maximum atomic E-state index is 15.4. The summed E-state index contributed by atoms with van der Waals surface area (Å²) in [5.74, 6) is -3.23. The highest BCUT2D eigenvalue weighted by molar-refractivity contribution is 5.79. The molecule has 0 aromatic rings. The van der Waals surface area contributed by atoms with Crippen LogP contribution >= 0.6 is 0 Å². The molecule has 10 aliphatic rings. The minimum absolute atomic E-state index is 0.0357. The van der Waals surface area contributed by atoms with Crippen molar-refractivity contribution in [3.8, 4) is 0 Å². The third-order valence-corrected chi connectivity index (χ3v) is 22.9. The molecule has 0 unspecified atom stereocenters. The zero-order chi connectivity index (χ0) is 62.9. The molecule has 5 heterocycles. The standard InChI is InChI=1S/C58H92O28/c1-22-42(82-47-38(70)33(65)27(19-60)79-47)37(69)40(72)46(77-22)84-44-35(67)29(21-62)81-50(44)86-52(76)58-14-12-53(2,3)16-24(58)23-8-9-30-54(4)17-25(63)45(57(7,51(74)75)31(54)10-11-56(30,6)55(23,5)13-15-58)85-49-41(73)43(34(66)28(20-61)80-49)83-48-39(71)36(68)32(64)26(18-59)78-48/h8,22,24-50,59-73H,9-21H2,1-7H3,(H,74,75)/t22-,24-,25-,26+,27+,28+,29+,30+,31+,32+,33-,34+,35+,36-,37-,38+,39+,40+,41+,42-,43-,44-,45-,46-,47-,48-,49-,50+,54+,55+,56+,57-,58-/m0/s1. The van der Waals surface area contributed by atoms with E-state index in [-0.39, 0.29) is 23.7 Å². The van der Waals surface area contributed by atoms with Crippen LogP contribution in [-0.4, -0.2) is 274 Å². The molecule has 0 amide bonds. The number of aliphatic carboxylic acids is 1. The van der Waals surface area contributed by atoms with Crippen molar-refractivity contribution < 1.29 is 139 Å². The van der Waals surface area contributed by atoms with Crippen LogP contribution in [0.25, 0.3) is 0 Å². The number of esters is 1. The van der Waals surface area contributed by atoms with Gasteiger partial charge in [0.2, 0.25) is 6.29 Å². The molecule has 0 aromatic heterocycles. The molecule has 16 N–H and O–H groups in total. The average Bonchev–Trinajstić information content (AvgIpc) is 0.777. The molecule has 10 rings (SSSR count). The van der Waals surface area contributed by atoms with E-state index in [0.29, 0.717) is 51.4 Å². The second-order valence-corrected chi connectivity index (χ2v) is 28.0. The van der Waals surface area contributed by atoms with Crippen LogP contribution in [-0.2, 0) is 57.0 Å². The Morgan fingerprint density at radius 3 is 1.60 bits per heavy atom. The molecule has 0 bridgehead atoms. The van der Waals surface area contributed by atoms with Gasteiger partial charge in [-0.05, 0) is 111 Å². The quantitative estimate of drug-likeness (QED) is 0.0424. The fraction of sp³-hybridized carbons (Fsp3) is 0.931. The molecule has 86 heavy (non-hydrogen) atoms. The Bertz CT molecular complexity index is 2450. The van der Waals surface area contributed by atoms with Gasteiger partial charge in [0.1, 0.15) is 104 Å². The first-order valence-electron chi connectivity index (χ1n) is 30.3. The lowest BCUT2D eigenvalue weighted by molar-refractivity contribution is -0.373. The molecule has 4 saturated carbocycles. The number of aliphatic hydroxyl groups is 15. The number of allylic oxidation sites excluding steroid dienone is 2. The first-order valence-corrected chi connectivity index (χ1v) is 30.3. The van der Waals surface area contributed by atoms with Crippen LogP contribution in [0.4, 0.5) is 0 Å². The van der Waals surface area contributed by atoms with Crippen LogP contribution in [0.2, 0.25) is 0 Å². The van der Waals surface area contributed by atoms with E-state index in [1.807, 2.05) is 6.92 Å². The average molecular weight is 1240 g/mol. The number of hydrogen-bond donors (Lipinski definition) is 16. The highest BCUT2D eigenvalue weighted by atomic mass is 16.8. The molecule has 0 radical (unpaired) electrons. The Kier molecular flexibility index (Phi) is 18.8. The molecule has 28 nitrogen and oxygen atoms in total. The molecule has 492 valence electrons. The lowest BCUT2D eigenvalue weighted by Gasteiger charge is -2.71. The Hall–Kier alpha value is -2.28. The Balaban J connectivity index is 0.878. The van der Waals surface area contributed by atoms with E-state index < -0.39 is 225 Å². The van der Waals surface area contributed by atoms with E-state index >= 15 is 4.79 Å². The van der Waals surface area contributed by atoms with Crippen LogP contribution < -0.4 is 0 Å². The lowest BCUT2D eigenvalue weighted by atomic mass is 9.33. The van der Waals surface area contributed by atoms with E-state index in [0.717, 1.165) is 5.57 Å². The van der Waals surface area contributed by atoms with E-state index in [9.17, 15) is 86.5 Å². The van der Waals surface area contributed by atoms with Crippen LogP contribution in [0.3, 0.4) is 0 Å². The van der Waals surface area contributed by atoms with E-state index in [4.69, 9.17) is 47.4 Å². The van der Waals surface area contributed by atoms with Gasteiger partial charge in [-0.15, -0.1) is 0 Å². The number of hydrogen-bond acceptors (Lipinski definition) is 27. The monoisotopic (exact) mass is 1240 g/mol. The molecule has 0 spiro atoms. The Labute approximate surface area is 497 Å². The van der Waals surface area contributed by atoms with Crippen LogP contribution in [0, 0.1) is 50.2 Å². The van der Waals surface area contributed by atoms with E-state index in [2.05, 4.69) is 33.8 Å². The van der Waals surface area contributed by atoms with Gasteiger partial charge in [0.25, 0.3) is 0 Å². The molecule has 9 fully saturated rings. The summed E-state index contributed by atoms with van der Waals surface area (Å²) in [4.78, 5) is 29.4. The van der Waals surface area contributed by atoms with Crippen molar-refractivity contribution >= 4 is 11.9 Å². The molecular formula is C58H92O28. The molecule has 5 aliphatic carbocycles. The molecular weight excluding hydrogens is 1140 g/mol. The third kappa shape index (κ3) is 10.6. The topological polar surface area (TPSA) is 450 Å². The molecule has 5 saturated heterocycles. The van der Waals surface area contributed by atoms with Crippen molar-refractivity contribution in [2.24, 2.45) is 50.2 Å². The maximum Gasteiger partial charge on any atom is 0.315 e. The Morgan fingerprint density at radius 1 is 0.523 bits per heavy atom. The number of carbonyl (C=O) groups excluding carboxylic acids is 1. The second kappa shape index (κ2) is 24.3. The summed E-state index contributed by atoms with van der Waals surface area (Å²) >= 11 is 0. The normalized spacial score (nSPS) is 54.4. The number of carbonyl (C=O) groups is 2. The molecule has 0 aromatic carbocycles. The van der Waals surface area contributed by atoms with Crippen LogP contribution in [0.1, 0.15) is 106 Å². The van der Waals surface area contributed by atoms with Gasteiger partial charge in [-0.1, -0.05) is 46.3 Å². The highest BCUT2D eigenvalue weighted by Gasteiger charge is 2.73. The van der Waals surface area contributed by atoms with Gasteiger partial charge < -0.3 is 129 Å². The summed E-state index contributed by atoms with van der Waals surface area (Å²) in [5.41, 5.74) is -4.22. The van der Waals surface area contributed by atoms with Crippen molar-refractivity contribution in [2.75, 3.05) is 26.4 Å². The molecule has 33 atom stereocenters. The Morgan fingerprint density at radius 2 is 1.01 bits per heavy atom. The van der Waals surface area contributed by atoms with Crippen molar-refractivity contribution in [2.45, 2.75) is 260 Å². The number of carboxylic acids is 1. The summed E-state index contributed by atoms with van der Waals surface area (Å²) in [6.07, 6.45) is -34.6. The van der Waals surface area contributed by atoms with Crippen molar-refractivity contribution in [3.63, 3.8) is 0 Å². The van der Waals surface area contributed by atoms with Crippen molar-refractivity contribution in [3.05, 3.63) is 11.6 Å². The predicted octanol–water partition coefficient (Wildman–Crippen LogP) is -3.87. The highest BCUT2D eigenvalue weighted by Crippen LogP contribution is 2.76. The van der Waals surface area contributed by atoms with Crippen molar-refractivity contribution in [1.82, 2.24) is 0 Å². The summed E-state index contributed by atoms with van der Waals surface area (Å²) in [5, 5.41) is 173. The third-order valence-electron chi connectivity index (χ3n) is 22.9. The van der Waals surface area contributed by atoms with Crippen LogP contribution in [0.5, 0.6) is 0 Å². The van der Waals surface area contributed by atoms with Crippen molar-refractivity contribution in [1.29, 1.82) is 0 Å². The number of rotatable bonds is 15. The van der Waals surface area contributed by atoms with Gasteiger partial charge in [0.05, 0.1) is 49.5 Å². The number of aliphatic hydroxyl groups excluding tert-OH is 15. The van der Waals surface area contributed by atoms with E-state index in [1.165, 1.54) is 13.8 Å². The smallest absolute Gasteiger partial charge is 0.315 e. The maximum absolute atomic E-state index is 15.4. The zero-order valence-electron chi connectivity index (χ0n) is 49.5. The van der Waals surface area contributed by atoms with Gasteiger partial charge in [0.15, 0.2) is 31.3 Å². The summed E-state index contributed by atoms with van der Waals surface area (Å²) < 4.78 is 59.0. The van der Waals surface area contributed by atoms with Gasteiger partial charge in [-0.3, -0.25) is 9.59 Å². The number of carboxylic acid groups (broad SMARTS) is 1. The zero-order valence-corrected chi connectivity index (χ0v) is 49.5. The van der Waals surface area contributed by atoms with Gasteiger partial charge in [-0.25, -0.2) is 0 Å². The molecule has 5 aliphatic heterocycles. The number of fused-ring (bicyclic) bond motifs is 7. The van der Waals surface area contributed by atoms with Crippen LogP contribution in [0.15, 0.2) is 11.6 Å². The van der Waals surface area contributed by atoms with Gasteiger partial charge in [-0.2, -0.15) is 0 Å². The first kappa shape index (κ1) is 66.6. The second-order valence-electron chi connectivity index (χ2n) is 28.0. The molecule has 28 heteroatoms. The minimum Gasteiger partial charge on any atom is -0.481 e. The summed E-state index contributed by atoms with van der Waals surface area (Å²) in [6.45, 7) is 10.6. The predicted molar refractivity (Wildman–Crippen MR) is 285 cm³/mol. The van der Waals surface area contributed by atoms with Gasteiger partial charge in [0, 0.05) is 0 Å². The summed E-state index contributed by atoms with van der Waals surface area (Å²) in [7, 11) is 0. The van der Waals surface area contributed by atoms with Gasteiger partial charge >= 0.3 is 11.9 Å². The fourth-order valence-electron chi connectivity index (χ4n) is 17.6. The largest absolute Gasteiger partial charge is 0.481 e. The fourth-order valence-corrected chi connectivity index (χ4v) is 17.6. The SMILES string of the molecule is C[C@@H]1O[C@@H](O[C@@H]2[C@@H](OC(=O)[C@]34CCC(C)(C)C[C@H]3C3=CC[C@@H]5[C@@]6(C)C[C@H](O)[C@H](O[C@@H]7O[C@H](CO)[C@@H](O)[C@H](O[C@@H]8O[C@H](CO)[C@@H](O)[C@H](O)[C@H]8O)[C@H]7O)[C@@](C)(C(=O)O)[C@@H]6CC[C@@]5(C)[C@]3(C)CC4)O[C@H](CO)[C@H]2O)[C@H](O)[C@H](O)[C@H]1O[C@@H]1O[C@H](CO)[C@H](O)[C@H]1O. The number of ether oxygens (including phenoxy) is 10. The summed E-state index contributed by atoms with van der Waals surface area (Å²) in [6, 6.07) is 0. The minimum atomic E-state index is -1.99. The van der Waals surface area contributed by atoms with E-state index in [1.54, 1.807) is 0 Å².